The predicted molar refractivity (Wildman–Crippen MR) is 81.9 cm³/mol. The van der Waals surface area contributed by atoms with Gasteiger partial charge >= 0.3 is 7.32 Å². The highest BCUT2D eigenvalue weighted by Gasteiger charge is 2.13. The summed E-state index contributed by atoms with van der Waals surface area (Å²) in [6.07, 6.45) is 1.41. The van der Waals surface area contributed by atoms with Gasteiger partial charge in [-0.15, -0.1) is 0 Å². The van der Waals surface area contributed by atoms with Crippen LogP contribution in [-0.2, 0) is 13.0 Å². The van der Waals surface area contributed by atoms with Gasteiger partial charge in [0.05, 0.1) is 0 Å². The Morgan fingerprint density at radius 2 is 1.61 bits per heavy atom. The van der Waals surface area contributed by atoms with Crippen molar-refractivity contribution >= 4 is 7.32 Å². The van der Waals surface area contributed by atoms with Crippen molar-refractivity contribution in [2.45, 2.75) is 26.4 Å². The van der Waals surface area contributed by atoms with Crippen LogP contribution in [0, 0.1) is 11.6 Å². The Morgan fingerprint density at radius 3 is 2.13 bits per heavy atom. The van der Waals surface area contributed by atoms with Gasteiger partial charge in [0.15, 0.2) is 17.4 Å². The number of halogens is 2. The third-order valence-corrected chi connectivity index (χ3v) is 3.14. The maximum absolute atomic E-state index is 13.9. The number of aryl methyl sites for hydroxylation is 1. The zero-order valence-corrected chi connectivity index (χ0v) is 12.6. The summed E-state index contributed by atoms with van der Waals surface area (Å²) in [5.41, 5.74) is 1.25. The van der Waals surface area contributed by atoms with Crippen LogP contribution in [0.25, 0.3) is 0 Å². The second-order valence-corrected chi connectivity index (χ2v) is 5.02. The lowest BCUT2D eigenvalue weighted by molar-refractivity contribution is 0.273. The van der Waals surface area contributed by atoms with E-state index in [-0.39, 0.29) is 12.4 Å². The van der Waals surface area contributed by atoms with E-state index < -0.39 is 24.7 Å². The Bertz CT molecular complexity index is 624. The van der Waals surface area contributed by atoms with Crippen LogP contribution >= 0.6 is 0 Å². The van der Waals surface area contributed by atoms with Crippen molar-refractivity contribution in [1.82, 2.24) is 0 Å². The third kappa shape index (κ3) is 4.94. The highest BCUT2D eigenvalue weighted by Crippen LogP contribution is 2.25. The molecule has 2 N–H and O–H groups in total. The van der Waals surface area contributed by atoms with Crippen LogP contribution in [0.3, 0.4) is 0 Å². The minimum Gasteiger partial charge on any atom is -0.512 e. The number of rotatable bonds is 7. The van der Waals surface area contributed by atoms with E-state index in [0.717, 1.165) is 6.42 Å². The first-order valence-corrected chi connectivity index (χ1v) is 7.22. The van der Waals surface area contributed by atoms with Gasteiger partial charge in [-0.3, -0.25) is 0 Å². The van der Waals surface area contributed by atoms with E-state index in [1.165, 1.54) is 24.3 Å². The van der Waals surface area contributed by atoms with E-state index in [9.17, 15) is 8.78 Å². The molecule has 0 saturated heterocycles. The van der Waals surface area contributed by atoms with Crippen molar-refractivity contribution in [3.63, 3.8) is 0 Å². The fourth-order valence-electron chi connectivity index (χ4n) is 2.12. The minimum absolute atomic E-state index is 0.0249. The van der Waals surface area contributed by atoms with Crippen molar-refractivity contribution in [3.8, 4) is 11.5 Å². The lowest BCUT2D eigenvalue weighted by atomic mass is 10.1. The van der Waals surface area contributed by atoms with Crippen LogP contribution in [0.4, 0.5) is 8.78 Å². The Morgan fingerprint density at radius 1 is 1.00 bits per heavy atom. The minimum atomic E-state index is -1.90. The maximum atomic E-state index is 13.9. The van der Waals surface area contributed by atoms with Gasteiger partial charge in [0.1, 0.15) is 12.4 Å². The smallest absolute Gasteiger partial charge is 0.512 e. The molecule has 0 spiro atoms. The predicted octanol–water partition coefficient (Wildman–Crippen LogP) is 2.84. The van der Waals surface area contributed by atoms with Crippen molar-refractivity contribution < 1.29 is 28.2 Å². The molecule has 0 radical (unpaired) electrons. The molecule has 0 saturated carbocycles. The molecule has 0 atom stereocenters. The largest absolute Gasteiger partial charge is 0.707 e. The Kier molecular flexibility index (Phi) is 5.95. The van der Waals surface area contributed by atoms with Crippen LogP contribution in [0.1, 0.15) is 24.5 Å². The van der Waals surface area contributed by atoms with Gasteiger partial charge in [0, 0.05) is 0 Å². The zero-order valence-electron chi connectivity index (χ0n) is 12.6. The van der Waals surface area contributed by atoms with Gasteiger partial charge in [-0.05, 0) is 41.8 Å². The molecule has 0 aliphatic heterocycles. The average Bonchev–Trinajstić information content (AvgIpc) is 2.48. The molecule has 122 valence electrons. The lowest BCUT2D eigenvalue weighted by Crippen LogP contribution is -2.20. The molecule has 0 bridgehead atoms. The quantitative estimate of drug-likeness (QED) is 0.770. The topological polar surface area (TPSA) is 58.9 Å². The molecule has 0 amide bonds. The molecule has 7 heteroatoms. The van der Waals surface area contributed by atoms with Crippen LogP contribution in [0.2, 0.25) is 0 Å². The molecular weight excluding hydrogens is 305 g/mol. The highest BCUT2D eigenvalue weighted by atomic mass is 19.1. The first-order chi connectivity index (χ1) is 11.0. The SMILES string of the molecule is CCCc1cc(F)c(OCc2ccc(OB(O)O)cc2)c(F)c1. The summed E-state index contributed by atoms with van der Waals surface area (Å²) in [4.78, 5) is 0. The van der Waals surface area contributed by atoms with E-state index >= 15 is 0 Å². The summed E-state index contributed by atoms with van der Waals surface area (Å²) < 4.78 is 37.7. The van der Waals surface area contributed by atoms with Gasteiger partial charge in [-0.2, -0.15) is 0 Å². The average molecular weight is 322 g/mol. The second-order valence-electron chi connectivity index (χ2n) is 5.02. The van der Waals surface area contributed by atoms with Gasteiger partial charge in [-0.1, -0.05) is 25.5 Å². The molecule has 0 aliphatic carbocycles. The normalized spacial score (nSPS) is 10.5. The van der Waals surface area contributed by atoms with Crippen LogP contribution in [0.5, 0.6) is 11.5 Å². The van der Waals surface area contributed by atoms with Crippen molar-refractivity contribution in [2.75, 3.05) is 0 Å². The molecule has 0 fully saturated rings. The molecule has 2 aromatic rings. The molecule has 0 unspecified atom stereocenters. The molecule has 23 heavy (non-hydrogen) atoms. The molecule has 4 nitrogen and oxygen atoms in total. The summed E-state index contributed by atoms with van der Waals surface area (Å²) in [7, 11) is -1.90. The zero-order chi connectivity index (χ0) is 16.8. The summed E-state index contributed by atoms with van der Waals surface area (Å²) in [6.45, 7) is 1.91. The van der Waals surface area contributed by atoms with E-state index in [1.807, 2.05) is 6.92 Å². The van der Waals surface area contributed by atoms with Gasteiger partial charge < -0.3 is 19.4 Å². The van der Waals surface area contributed by atoms with E-state index in [0.29, 0.717) is 17.5 Å². The molecule has 2 rings (SSSR count). The second kappa shape index (κ2) is 7.94. The van der Waals surface area contributed by atoms with E-state index in [2.05, 4.69) is 4.65 Å². The van der Waals surface area contributed by atoms with Gasteiger partial charge in [0.25, 0.3) is 0 Å². The van der Waals surface area contributed by atoms with Gasteiger partial charge in [-0.25, -0.2) is 8.78 Å². The number of hydrogen-bond acceptors (Lipinski definition) is 4. The van der Waals surface area contributed by atoms with E-state index in [1.54, 1.807) is 12.1 Å². The monoisotopic (exact) mass is 322 g/mol. The third-order valence-electron chi connectivity index (χ3n) is 3.14. The molecule has 0 aliphatic rings. The lowest BCUT2D eigenvalue weighted by Gasteiger charge is -2.11. The van der Waals surface area contributed by atoms with Crippen molar-refractivity contribution in [1.29, 1.82) is 0 Å². The fourth-order valence-corrected chi connectivity index (χ4v) is 2.12. The summed E-state index contributed by atoms with van der Waals surface area (Å²) in [6, 6.07) is 8.74. The highest BCUT2D eigenvalue weighted by molar-refractivity contribution is 6.33. The van der Waals surface area contributed by atoms with E-state index in [4.69, 9.17) is 14.8 Å². The maximum Gasteiger partial charge on any atom is 0.707 e. The molecule has 0 heterocycles. The standard InChI is InChI=1S/C16H17BF2O4/c1-2-3-12-8-14(18)16(15(19)9-12)22-10-11-4-6-13(7-5-11)23-17(20)21/h4-9,20-21H,2-3,10H2,1H3. The fraction of sp³-hybridized carbons (Fsp3) is 0.250. The number of ether oxygens (including phenoxy) is 1. The molecule has 0 aromatic heterocycles. The first kappa shape index (κ1) is 17.2. The summed E-state index contributed by atoms with van der Waals surface area (Å²) in [5, 5.41) is 17.3. The van der Waals surface area contributed by atoms with Crippen molar-refractivity contribution in [3.05, 3.63) is 59.2 Å². The van der Waals surface area contributed by atoms with Crippen LogP contribution in [-0.4, -0.2) is 17.4 Å². The molecular formula is C16H17BF2O4. The first-order valence-electron chi connectivity index (χ1n) is 7.22. The Labute approximate surface area is 133 Å². The van der Waals surface area contributed by atoms with Crippen LogP contribution in [0.15, 0.2) is 36.4 Å². The van der Waals surface area contributed by atoms with Crippen LogP contribution < -0.4 is 9.39 Å². The van der Waals surface area contributed by atoms with Crippen molar-refractivity contribution in [2.24, 2.45) is 0 Å². The summed E-state index contributed by atoms with van der Waals surface area (Å²) >= 11 is 0. The van der Waals surface area contributed by atoms with Gasteiger partial charge in [0.2, 0.25) is 0 Å². The Balaban J connectivity index is 2.03. The summed E-state index contributed by atoms with van der Waals surface area (Å²) in [5.74, 6) is -1.60. The Hall–Kier alpha value is -2.12. The number of hydrogen-bond donors (Lipinski definition) is 2. The molecule has 2 aromatic carbocycles. The number of benzene rings is 2.